The van der Waals surface area contributed by atoms with Gasteiger partial charge in [-0.15, -0.1) is 0 Å². The van der Waals surface area contributed by atoms with Gasteiger partial charge in [-0.25, -0.2) is 8.42 Å². The highest BCUT2D eigenvalue weighted by Crippen LogP contribution is 2.31. The van der Waals surface area contributed by atoms with Crippen molar-refractivity contribution in [2.75, 3.05) is 19.7 Å². The Bertz CT molecular complexity index is 607. The van der Waals surface area contributed by atoms with Crippen LogP contribution >= 0.6 is 23.2 Å². The zero-order valence-electron chi connectivity index (χ0n) is 11.0. The molecule has 1 aromatic rings. The molecule has 1 unspecified atom stereocenters. The first-order valence-electron chi connectivity index (χ1n) is 6.16. The minimum atomic E-state index is -3.70. The van der Waals surface area contributed by atoms with Gasteiger partial charge in [0.1, 0.15) is 4.90 Å². The van der Waals surface area contributed by atoms with Gasteiger partial charge in [-0.1, -0.05) is 23.2 Å². The monoisotopic (exact) mass is 338 g/mol. The number of morpholine rings is 1. The van der Waals surface area contributed by atoms with Crippen LogP contribution in [0.4, 0.5) is 0 Å². The lowest BCUT2D eigenvalue weighted by atomic mass is 10.2. The minimum absolute atomic E-state index is 0.00113. The van der Waals surface area contributed by atoms with Gasteiger partial charge in [-0.2, -0.15) is 4.31 Å². The predicted octanol–water partition coefficient (Wildman–Crippen LogP) is 1.86. The summed E-state index contributed by atoms with van der Waals surface area (Å²) in [4.78, 5) is 0.00113. The first-order chi connectivity index (χ1) is 9.36. The molecule has 1 fully saturated rings. The van der Waals surface area contributed by atoms with Crippen LogP contribution in [0.3, 0.4) is 0 Å². The summed E-state index contributed by atoms with van der Waals surface area (Å²) in [5.41, 5.74) is 6.07. The van der Waals surface area contributed by atoms with Gasteiger partial charge < -0.3 is 10.5 Å². The van der Waals surface area contributed by atoms with Crippen molar-refractivity contribution in [1.29, 1.82) is 0 Å². The number of rotatable bonds is 3. The molecular formula is C12H16Cl2N2O3S. The maximum atomic E-state index is 12.7. The lowest BCUT2D eigenvalue weighted by Crippen LogP contribution is -2.44. The first kappa shape index (κ1) is 16.0. The quantitative estimate of drug-likeness (QED) is 0.912. The van der Waals surface area contributed by atoms with E-state index in [0.717, 1.165) is 0 Å². The van der Waals surface area contributed by atoms with Crippen molar-refractivity contribution >= 4 is 33.2 Å². The highest BCUT2D eigenvalue weighted by molar-refractivity contribution is 7.89. The summed E-state index contributed by atoms with van der Waals surface area (Å²) in [5, 5.41) is 0.436. The fraction of sp³-hybridized carbons (Fsp3) is 0.500. The molecule has 0 bridgehead atoms. The van der Waals surface area contributed by atoms with Crippen LogP contribution < -0.4 is 5.73 Å². The largest absolute Gasteiger partial charge is 0.376 e. The topological polar surface area (TPSA) is 72.6 Å². The van der Waals surface area contributed by atoms with E-state index in [4.69, 9.17) is 33.7 Å². The summed E-state index contributed by atoms with van der Waals surface area (Å²) in [6.07, 6.45) is -0.148. The molecule has 0 radical (unpaired) electrons. The number of benzene rings is 1. The molecular weight excluding hydrogens is 323 g/mol. The summed E-state index contributed by atoms with van der Waals surface area (Å²) < 4.78 is 32.0. The van der Waals surface area contributed by atoms with E-state index in [1.165, 1.54) is 10.4 Å². The molecule has 0 spiro atoms. The number of ether oxygens (including phenoxy) is 1. The van der Waals surface area contributed by atoms with Gasteiger partial charge >= 0.3 is 0 Å². The van der Waals surface area contributed by atoms with Gasteiger partial charge in [0.05, 0.1) is 17.7 Å². The molecule has 20 heavy (non-hydrogen) atoms. The van der Waals surface area contributed by atoms with E-state index in [-0.39, 0.29) is 22.6 Å². The Morgan fingerprint density at radius 3 is 2.75 bits per heavy atom. The van der Waals surface area contributed by atoms with Crippen molar-refractivity contribution in [2.45, 2.75) is 24.5 Å². The molecule has 2 rings (SSSR count). The number of halogens is 2. The van der Waals surface area contributed by atoms with Gasteiger partial charge in [0.15, 0.2) is 0 Å². The van der Waals surface area contributed by atoms with E-state index in [0.29, 0.717) is 30.3 Å². The van der Waals surface area contributed by atoms with Gasteiger partial charge in [-0.3, -0.25) is 0 Å². The Morgan fingerprint density at radius 2 is 2.15 bits per heavy atom. The molecule has 2 N–H and O–H groups in total. The molecule has 8 heteroatoms. The van der Waals surface area contributed by atoms with Crippen molar-refractivity contribution in [3.05, 3.63) is 27.7 Å². The average molecular weight is 339 g/mol. The van der Waals surface area contributed by atoms with Crippen LogP contribution in [0.1, 0.15) is 12.5 Å². The fourth-order valence-corrected chi connectivity index (χ4v) is 4.52. The van der Waals surface area contributed by atoms with Crippen LogP contribution in [0.25, 0.3) is 0 Å². The van der Waals surface area contributed by atoms with Gasteiger partial charge in [-0.05, 0) is 24.6 Å². The Kier molecular flexibility index (Phi) is 4.94. The highest BCUT2D eigenvalue weighted by Gasteiger charge is 2.31. The van der Waals surface area contributed by atoms with E-state index >= 15 is 0 Å². The molecule has 1 aromatic carbocycles. The lowest BCUT2D eigenvalue weighted by molar-refractivity contribution is 0.0102. The number of hydrogen-bond donors (Lipinski definition) is 1. The molecule has 112 valence electrons. The summed E-state index contributed by atoms with van der Waals surface area (Å²) in [6.45, 7) is 2.91. The second-order valence-electron chi connectivity index (χ2n) is 4.63. The normalized spacial score (nSPS) is 21.1. The number of hydrogen-bond acceptors (Lipinski definition) is 4. The van der Waals surface area contributed by atoms with Crippen molar-refractivity contribution < 1.29 is 13.2 Å². The van der Waals surface area contributed by atoms with E-state index in [1.54, 1.807) is 6.07 Å². The van der Waals surface area contributed by atoms with Crippen LogP contribution in [0.15, 0.2) is 17.0 Å². The van der Waals surface area contributed by atoms with Gasteiger partial charge in [0.25, 0.3) is 0 Å². The predicted molar refractivity (Wildman–Crippen MR) is 78.5 cm³/mol. The molecule has 0 saturated carbocycles. The van der Waals surface area contributed by atoms with E-state index in [9.17, 15) is 8.42 Å². The van der Waals surface area contributed by atoms with Gasteiger partial charge in [0.2, 0.25) is 10.0 Å². The molecule has 1 aliphatic rings. The van der Waals surface area contributed by atoms with Crippen LogP contribution in [-0.2, 0) is 21.3 Å². The Hall–Kier alpha value is -0.370. The van der Waals surface area contributed by atoms with Crippen LogP contribution in [0, 0.1) is 0 Å². The number of nitrogens with zero attached hydrogens (tertiary/aromatic N) is 1. The molecule has 1 heterocycles. The summed E-state index contributed by atoms with van der Waals surface area (Å²) in [6, 6.07) is 2.93. The number of sulfonamides is 1. The molecule has 1 atom stereocenters. The maximum Gasteiger partial charge on any atom is 0.244 e. The zero-order chi connectivity index (χ0) is 14.9. The van der Waals surface area contributed by atoms with E-state index in [2.05, 4.69) is 0 Å². The maximum absolute atomic E-state index is 12.7. The van der Waals surface area contributed by atoms with E-state index < -0.39 is 10.0 Å². The third kappa shape index (κ3) is 3.10. The molecule has 1 aliphatic heterocycles. The SMILES string of the molecule is CC1CN(S(=O)(=O)c2cc(Cl)cc(CN)c2Cl)CCO1. The second-order valence-corrected chi connectivity index (χ2v) is 7.35. The van der Waals surface area contributed by atoms with Crippen LogP contribution in [0.2, 0.25) is 10.0 Å². The van der Waals surface area contributed by atoms with E-state index in [1.807, 2.05) is 6.92 Å². The van der Waals surface area contributed by atoms with Crippen LogP contribution in [0.5, 0.6) is 0 Å². The summed E-state index contributed by atoms with van der Waals surface area (Å²) in [5.74, 6) is 0. The number of nitrogens with two attached hydrogens (primary N) is 1. The second kappa shape index (κ2) is 6.17. The van der Waals surface area contributed by atoms with Crippen molar-refractivity contribution in [3.8, 4) is 0 Å². The molecule has 5 nitrogen and oxygen atoms in total. The standard InChI is InChI=1S/C12H16Cl2N2O3S/c1-8-7-16(2-3-19-8)20(17,18)11-5-10(13)4-9(6-15)12(11)14/h4-5,8H,2-3,6-7,15H2,1H3. The van der Waals surface area contributed by atoms with Crippen molar-refractivity contribution in [1.82, 2.24) is 4.31 Å². The van der Waals surface area contributed by atoms with Crippen LogP contribution in [-0.4, -0.2) is 38.5 Å². The van der Waals surface area contributed by atoms with Crippen molar-refractivity contribution in [3.63, 3.8) is 0 Å². The third-order valence-corrected chi connectivity index (χ3v) is 5.79. The van der Waals surface area contributed by atoms with Crippen molar-refractivity contribution in [2.24, 2.45) is 5.73 Å². The lowest BCUT2D eigenvalue weighted by Gasteiger charge is -2.30. The fourth-order valence-electron chi connectivity index (χ4n) is 2.10. The minimum Gasteiger partial charge on any atom is -0.376 e. The Balaban J connectivity index is 2.46. The molecule has 0 aliphatic carbocycles. The smallest absolute Gasteiger partial charge is 0.244 e. The molecule has 0 aromatic heterocycles. The first-order valence-corrected chi connectivity index (χ1v) is 8.35. The Morgan fingerprint density at radius 1 is 1.45 bits per heavy atom. The third-order valence-electron chi connectivity index (χ3n) is 3.12. The summed E-state index contributed by atoms with van der Waals surface area (Å²) in [7, 11) is -3.70. The molecule has 0 amide bonds. The van der Waals surface area contributed by atoms with Gasteiger partial charge in [0, 0.05) is 24.7 Å². The Labute approximate surface area is 128 Å². The highest BCUT2D eigenvalue weighted by atomic mass is 35.5. The molecule has 1 saturated heterocycles. The average Bonchev–Trinajstić information content (AvgIpc) is 2.40. The summed E-state index contributed by atoms with van der Waals surface area (Å²) >= 11 is 12.1. The zero-order valence-corrected chi connectivity index (χ0v) is 13.3.